The van der Waals surface area contributed by atoms with Crippen LogP contribution >= 0.6 is 11.6 Å². The van der Waals surface area contributed by atoms with E-state index in [0.717, 1.165) is 42.7 Å². The number of carbonyl (C=O) groups excluding carboxylic acids is 1. The normalized spacial score (nSPS) is 17.3. The fourth-order valence-corrected chi connectivity index (χ4v) is 3.21. The Morgan fingerprint density at radius 1 is 1.46 bits per heavy atom. The van der Waals surface area contributed by atoms with Crippen LogP contribution in [0.3, 0.4) is 0 Å². The second-order valence-electron chi connectivity index (χ2n) is 6.21. The number of likely N-dealkylation sites (tertiary alicyclic amines) is 1. The lowest BCUT2D eigenvalue weighted by Crippen LogP contribution is -2.34. The Labute approximate surface area is 147 Å². The number of aryl methyl sites for hydroxylation is 2. The number of carbonyl (C=O) groups is 1. The molecule has 0 radical (unpaired) electrons. The lowest BCUT2D eigenvalue weighted by atomic mass is 10.1. The first-order chi connectivity index (χ1) is 11.6. The SMILES string of the molecule is CCCc1cc([C@@H]2CCCN2C(=O)Nc2ccc(C)c(Cl)c2)no1. The Hall–Kier alpha value is -2.01. The molecule has 0 spiro atoms. The Kier molecular flexibility index (Phi) is 5.09. The second kappa shape index (κ2) is 7.26. The van der Waals surface area contributed by atoms with E-state index in [0.29, 0.717) is 17.3 Å². The molecule has 0 bridgehead atoms. The number of amides is 2. The van der Waals surface area contributed by atoms with Gasteiger partial charge in [0.1, 0.15) is 11.5 Å². The minimum absolute atomic E-state index is 0.0275. The van der Waals surface area contributed by atoms with Crippen molar-refractivity contribution in [3.8, 4) is 0 Å². The monoisotopic (exact) mass is 347 g/mol. The Bertz CT molecular complexity index is 729. The molecule has 1 saturated heterocycles. The summed E-state index contributed by atoms with van der Waals surface area (Å²) < 4.78 is 5.37. The number of nitrogens with one attached hydrogen (secondary N) is 1. The van der Waals surface area contributed by atoms with Gasteiger partial charge in [-0.05, 0) is 43.9 Å². The van der Waals surface area contributed by atoms with Crippen LogP contribution in [0.5, 0.6) is 0 Å². The fourth-order valence-electron chi connectivity index (χ4n) is 3.03. The van der Waals surface area contributed by atoms with E-state index < -0.39 is 0 Å². The van der Waals surface area contributed by atoms with Crippen molar-refractivity contribution in [3.63, 3.8) is 0 Å². The number of halogens is 1. The number of hydrogen-bond donors (Lipinski definition) is 1. The Morgan fingerprint density at radius 3 is 3.04 bits per heavy atom. The van der Waals surface area contributed by atoms with Crippen molar-refractivity contribution in [1.82, 2.24) is 10.1 Å². The van der Waals surface area contributed by atoms with Gasteiger partial charge in [0.05, 0.1) is 6.04 Å². The largest absolute Gasteiger partial charge is 0.361 e. The highest BCUT2D eigenvalue weighted by atomic mass is 35.5. The van der Waals surface area contributed by atoms with E-state index >= 15 is 0 Å². The molecule has 1 aliphatic heterocycles. The van der Waals surface area contributed by atoms with Crippen LogP contribution in [0.4, 0.5) is 10.5 Å². The van der Waals surface area contributed by atoms with Crippen LogP contribution in [0, 0.1) is 6.92 Å². The Morgan fingerprint density at radius 2 is 2.29 bits per heavy atom. The lowest BCUT2D eigenvalue weighted by Gasteiger charge is -2.23. The van der Waals surface area contributed by atoms with E-state index in [9.17, 15) is 4.79 Å². The number of rotatable bonds is 4. The first-order valence-electron chi connectivity index (χ1n) is 8.37. The van der Waals surface area contributed by atoms with Gasteiger partial charge in [0.15, 0.2) is 0 Å². The minimum Gasteiger partial charge on any atom is -0.361 e. The summed E-state index contributed by atoms with van der Waals surface area (Å²) in [6, 6.07) is 7.35. The molecule has 24 heavy (non-hydrogen) atoms. The number of urea groups is 1. The second-order valence-corrected chi connectivity index (χ2v) is 6.62. The molecule has 1 aliphatic rings. The summed E-state index contributed by atoms with van der Waals surface area (Å²) in [5, 5.41) is 7.74. The van der Waals surface area contributed by atoms with E-state index in [1.54, 1.807) is 6.07 Å². The molecule has 128 valence electrons. The lowest BCUT2D eigenvalue weighted by molar-refractivity contribution is 0.204. The van der Waals surface area contributed by atoms with Crippen LogP contribution in [0.1, 0.15) is 49.2 Å². The number of anilines is 1. The van der Waals surface area contributed by atoms with Gasteiger partial charge in [0, 0.05) is 29.7 Å². The van der Waals surface area contributed by atoms with Crippen LogP contribution in [0.15, 0.2) is 28.8 Å². The quantitative estimate of drug-likeness (QED) is 0.850. The third-order valence-corrected chi connectivity index (χ3v) is 4.76. The average Bonchev–Trinajstić information content (AvgIpc) is 3.20. The van der Waals surface area contributed by atoms with Crippen LogP contribution in [-0.2, 0) is 6.42 Å². The molecule has 0 aliphatic carbocycles. The van der Waals surface area contributed by atoms with Gasteiger partial charge in [0.2, 0.25) is 0 Å². The number of hydrogen-bond acceptors (Lipinski definition) is 3. The smallest absolute Gasteiger partial charge is 0.322 e. The molecule has 6 heteroatoms. The third-order valence-electron chi connectivity index (χ3n) is 4.35. The van der Waals surface area contributed by atoms with Crippen molar-refractivity contribution in [2.75, 3.05) is 11.9 Å². The topological polar surface area (TPSA) is 58.4 Å². The van der Waals surface area contributed by atoms with Crippen molar-refractivity contribution in [2.45, 2.75) is 45.6 Å². The molecule has 2 heterocycles. The molecule has 0 unspecified atom stereocenters. The summed E-state index contributed by atoms with van der Waals surface area (Å²) in [5.41, 5.74) is 2.53. The number of aromatic nitrogens is 1. The fraction of sp³-hybridized carbons (Fsp3) is 0.444. The standard InChI is InChI=1S/C18H22ClN3O2/c1-3-5-14-11-16(21-24-14)17-6-4-9-22(17)18(23)20-13-8-7-12(2)15(19)10-13/h7-8,10-11,17H,3-6,9H2,1-2H3,(H,20,23)/t17-/m0/s1. The molecular weight excluding hydrogens is 326 g/mol. The molecule has 5 nitrogen and oxygen atoms in total. The van der Waals surface area contributed by atoms with E-state index in [2.05, 4.69) is 17.4 Å². The van der Waals surface area contributed by atoms with Crippen molar-refractivity contribution < 1.29 is 9.32 Å². The zero-order valence-electron chi connectivity index (χ0n) is 14.0. The summed E-state index contributed by atoms with van der Waals surface area (Å²) in [6.07, 6.45) is 3.74. The van der Waals surface area contributed by atoms with Gasteiger partial charge in [-0.15, -0.1) is 0 Å². The minimum atomic E-state index is -0.127. The molecule has 0 saturated carbocycles. The summed E-state index contributed by atoms with van der Waals surface area (Å²) in [4.78, 5) is 14.5. The van der Waals surface area contributed by atoms with E-state index in [4.69, 9.17) is 16.1 Å². The molecule has 1 fully saturated rings. The van der Waals surface area contributed by atoms with Crippen LogP contribution in [-0.4, -0.2) is 22.6 Å². The van der Waals surface area contributed by atoms with Gasteiger partial charge in [-0.2, -0.15) is 0 Å². The Balaban J connectivity index is 1.71. The van der Waals surface area contributed by atoms with Crippen LogP contribution in [0.25, 0.3) is 0 Å². The number of nitrogens with zero attached hydrogens (tertiary/aromatic N) is 2. The van der Waals surface area contributed by atoms with E-state index in [1.165, 1.54) is 0 Å². The maximum absolute atomic E-state index is 12.6. The highest BCUT2D eigenvalue weighted by Gasteiger charge is 2.32. The molecular formula is C18H22ClN3O2. The summed E-state index contributed by atoms with van der Waals surface area (Å²) in [7, 11) is 0. The van der Waals surface area contributed by atoms with Gasteiger partial charge >= 0.3 is 6.03 Å². The van der Waals surface area contributed by atoms with Gasteiger partial charge in [-0.3, -0.25) is 0 Å². The summed E-state index contributed by atoms with van der Waals surface area (Å²) in [5.74, 6) is 0.880. The number of benzene rings is 1. The van der Waals surface area contributed by atoms with Crippen molar-refractivity contribution in [1.29, 1.82) is 0 Å². The van der Waals surface area contributed by atoms with Gasteiger partial charge in [-0.1, -0.05) is 29.7 Å². The highest BCUT2D eigenvalue weighted by Crippen LogP contribution is 2.32. The van der Waals surface area contributed by atoms with Gasteiger partial charge in [0.25, 0.3) is 0 Å². The third kappa shape index (κ3) is 3.56. The summed E-state index contributed by atoms with van der Waals surface area (Å²) >= 11 is 6.13. The molecule has 1 aromatic carbocycles. The first kappa shape index (κ1) is 16.8. The van der Waals surface area contributed by atoms with Crippen LogP contribution < -0.4 is 5.32 Å². The maximum atomic E-state index is 12.6. The van der Waals surface area contributed by atoms with Gasteiger partial charge in [-0.25, -0.2) is 4.79 Å². The average molecular weight is 348 g/mol. The molecule has 3 rings (SSSR count). The zero-order chi connectivity index (χ0) is 17.1. The molecule has 2 aromatic rings. The van der Waals surface area contributed by atoms with Gasteiger partial charge < -0.3 is 14.7 Å². The van der Waals surface area contributed by atoms with E-state index in [-0.39, 0.29) is 12.1 Å². The first-order valence-corrected chi connectivity index (χ1v) is 8.75. The van der Waals surface area contributed by atoms with E-state index in [1.807, 2.05) is 30.0 Å². The molecule has 1 N–H and O–H groups in total. The zero-order valence-corrected chi connectivity index (χ0v) is 14.8. The molecule has 2 amide bonds. The van der Waals surface area contributed by atoms with Crippen LogP contribution in [0.2, 0.25) is 5.02 Å². The molecule has 1 atom stereocenters. The van der Waals surface area contributed by atoms with Crippen molar-refractivity contribution in [3.05, 3.63) is 46.3 Å². The predicted octanol–water partition coefficient (Wildman–Crippen LogP) is 4.96. The molecule has 1 aromatic heterocycles. The highest BCUT2D eigenvalue weighted by molar-refractivity contribution is 6.31. The van der Waals surface area contributed by atoms with Crippen molar-refractivity contribution >= 4 is 23.3 Å². The summed E-state index contributed by atoms with van der Waals surface area (Å²) in [6.45, 7) is 4.75. The maximum Gasteiger partial charge on any atom is 0.322 e. The predicted molar refractivity (Wildman–Crippen MR) is 94.4 cm³/mol. The van der Waals surface area contributed by atoms with Crippen molar-refractivity contribution in [2.24, 2.45) is 0 Å².